The maximum atomic E-state index is 13.2. The van der Waals surface area contributed by atoms with Crippen molar-refractivity contribution in [1.29, 1.82) is 0 Å². The zero-order valence-corrected chi connectivity index (χ0v) is 23.3. The number of nitrogens with one attached hydrogen (secondary N) is 1. The summed E-state index contributed by atoms with van der Waals surface area (Å²) in [7, 11) is 0. The summed E-state index contributed by atoms with van der Waals surface area (Å²) < 4.78 is 8.55. The molecule has 1 unspecified atom stereocenters. The van der Waals surface area contributed by atoms with Crippen molar-refractivity contribution in [2.75, 3.05) is 24.1 Å². The SMILES string of the molecule is CCC(=O)N1CCCC(c2nc(-c3ccc(C(=O)Nc4ccccn4)cc3OC3CCCC3)c3c(N)nccn23)C1. The molecule has 4 heterocycles. The van der Waals surface area contributed by atoms with E-state index in [1.807, 2.05) is 34.6 Å². The molecular weight excluding hydrogens is 518 g/mol. The zero-order chi connectivity index (χ0) is 28.3. The molecule has 2 aliphatic rings. The zero-order valence-electron chi connectivity index (χ0n) is 23.3. The van der Waals surface area contributed by atoms with Gasteiger partial charge in [-0.1, -0.05) is 13.0 Å². The van der Waals surface area contributed by atoms with Crippen molar-refractivity contribution in [2.24, 2.45) is 0 Å². The summed E-state index contributed by atoms with van der Waals surface area (Å²) in [6.07, 6.45) is 11.7. The van der Waals surface area contributed by atoms with Crippen LogP contribution in [-0.4, -0.2) is 55.3 Å². The van der Waals surface area contributed by atoms with Crippen molar-refractivity contribution in [1.82, 2.24) is 24.3 Å². The van der Waals surface area contributed by atoms with Crippen LogP contribution in [0.4, 0.5) is 11.6 Å². The van der Waals surface area contributed by atoms with Crippen molar-refractivity contribution in [3.05, 3.63) is 66.4 Å². The first-order valence-electron chi connectivity index (χ1n) is 14.5. The fourth-order valence-corrected chi connectivity index (χ4v) is 5.97. The first kappa shape index (κ1) is 26.7. The Kier molecular flexibility index (Phi) is 7.54. The highest BCUT2D eigenvalue weighted by molar-refractivity contribution is 6.04. The minimum atomic E-state index is -0.272. The third-order valence-electron chi connectivity index (χ3n) is 8.05. The van der Waals surface area contributed by atoms with Crippen LogP contribution in [0.2, 0.25) is 0 Å². The number of hydrogen-bond acceptors (Lipinski definition) is 7. The summed E-state index contributed by atoms with van der Waals surface area (Å²) in [5, 5.41) is 2.85. The summed E-state index contributed by atoms with van der Waals surface area (Å²) >= 11 is 0. The average Bonchev–Trinajstić information content (AvgIpc) is 3.66. The molecule has 6 rings (SSSR count). The number of nitrogens with zero attached hydrogens (tertiary/aromatic N) is 5. The molecular formula is C31H35N7O3. The van der Waals surface area contributed by atoms with Crippen molar-refractivity contribution in [2.45, 2.75) is 63.9 Å². The molecule has 0 radical (unpaired) electrons. The van der Waals surface area contributed by atoms with E-state index in [-0.39, 0.29) is 23.8 Å². The second kappa shape index (κ2) is 11.6. The number of aromatic nitrogens is 4. The number of imidazole rings is 1. The van der Waals surface area contributed by atoms with Gasteiger partial charge in [0, 0.05) is 55.1 Å². The van der Waals surface area contributed by atoms with Crippen LogP contribution in [0.1, 0.15) is 74.0 Å². The summed E-state index contributed by atoms with van der Waals surface area (Å²) in [6, 6.07) is 10.8. The number of rotatable bonds is 7. The highest BCUT2D eigenvalue weighted by Crippen LogP contribution is 2.39. The molecule has 3 N–H and O–H groups in total. The van der Waals surface area contributed by atoms with Gasteiger partial charge in [-0.3, -0.25) is 14.0 Å². The lowest BCUT2D eigenvalue weighted by Crippen LogP contribution is -2.39. The molecule has 4 aromatic rings. The largest absolute Gasteiger partial charge is 0.490 e. The Bertz CT molecular complexity index is 1560. The maximum Gasteiger partial charge on any atom is 0.256 e. The number of carbonyl (C=O) groups excluding carboxylic acids is 2. The molecule has 212 valence electrons. The van der Waals surface area contributed by atoms with Crippen LogP contribution in [0.3, 0.4) is 0 Å². The van der Waals surface area contributed by atoms with Gasteiger partial charge in [0.1, 0.15) is 34.4 Å². The van der Waals surface area contributed by atoms with Crippen LogP contribution in [0.25, 0.3) is 16.8 Å². The van der Waals surface area contributed by atoms with Crippen LogP contribution in [0, 0.1) is 0 Å². The van der Waals surface area contributed by atoms with E-state index in [9.17, 15) is 9.59 Å². The minimum absolute atomic E-state index is 0.0601. The van der Waals surface area contributed by atoms with Gasteiger partial charge >= 0.3 is 0 Å². The number of carbonyl (C=O) groups is 2. The lowest BCUT2D eigenvalue weighted by atomic mass is 9.97. The lowest BCUT2D eigenvalue weighted by Gasteiger charge is -2.32. The van der Waals surface area contributed by atoms with Crippen LogP contribution in [0.15, 0.2) is 55.0 Å². The number of hydrogen-bond donors (Lipinski definition) is 2. The van der Waals surface area contributed by atoms with Crippen molar-refractivity contribution >= 4 is 29.0 Å². The smallest absolute Gasteiger partial charge is 0.256 e. The molecule has 2 fully saturated rings. The number of nitrogen functional groups attached to an aromatic ring is 1. The van der Waals surface area contributed by atoms with Gasteiger partial charge in [-0.25, -0.2) is 15.0 Å². The Morgan fingerprint density at radius 1 is 1.07 bits per heavy atom. The number of anilines is 2. The second-order valence-electron chi connectivity index (χ2n) is 10.8. The van der Waals surface area contributed by atoms with Gasteiger partial charge in [0.15, 0.2) is 0 Å². The van der Waals surface area contributed by atoms with E-state index in [0.29, 0.717) is 47.1 Å². The number of pyridine rings is 1. The van der Waals surface area contributed by atoms with E-state index in [4.69, 9.17) is 15.5 Å². The standard InChI is InChI=1S/C31H35N7O3/c1-2-26(39)37-16-7-8-21(19-37)30-36-27(28-29(32)34-15-17-38(28)30)23-13-12-20(18-24(23)41-22-9-3-4-10-22)31(40)35-25-11-5-6-14-33-25/h5-6,11-15,17-18,21-22H,2-4,7-10,16,19H2,1H3,(H2,32,34)(H,33,35,40). The molecule has 10 nitrogen and oxygen atoms in total. The van der Waals surface area contributed by atoms with Gasteiger partial charge in [0.05, 0.1) is 6.10 Å². The summed E-state index contributed by atoms with van der Waals surface area (Å²) in [4.78, 5) is 41.3. The molecule has 1 aliphatic heterocycles. The molecule has 0 spiro atoms. The van der Waals surface area contributed by atoms with Gasteiger partial charge in [-0.05, 0) is 68.9 Å². The van der Waals surface area contributed by atoms with Crippen LogP contribution in [0.5, 0.6) is 5.75 Å². The number of nitrogens with two attached hydrogens (primary N) is 1. The fourth-order valence-electron chi connectivity index (χ4n) is 5.97. The Labute approximate surface area is 239 Å². The highest BCUT2D eigenvalue weighted by Gasteiger charge is 2.30. The number of piperidine rings is 1. The van der Waals surface area contributed by atoms with Gasteiger partial charge in [0.25, 0.3) is 5.91 Å². The number of likely N-dealkylation sites (tertiary alicyclic amines) is 1. The topological polar surface area (TPSA) is 128 Å². The number of fused-ring (bicyclic) bond motifs is 1. The third-order valence-corrected chi connectivity index (χ3v) is 8.05. The molecule has 2 amide bonds. The molecule has 1 aliphatic carbocycles. The molecule has 1 saturated carbocycles. The molecule has 0 bridgehead atoms. The molecule has 41 heavy (non-hydrogen) atoms. The van der Waals surface area contributed by atoms with E-state index < -0.39 is 0 Å². The first-order chi connectivity index (χ1) is 20.0. The first-order valence-corrected chi connectivity index (χ1v) is 14.5. The van der Waals surface area contributed by atoms with E-state index in [1.54, 1.807) is 36.7 Å². The maximum absolute atomic E-state index is 13.2. The van der Waals surface area contributed by atoms with Crippen LogP contribution in [-0.2, 0) is 4.79 Å². The van der Waals surface area contributed by atoms with Crippen LogP contribution < -0.4 is 15.8 Å². The van der Waals surface area contributed by atoms with Crippen molar-refractivity contribution in [3.63, 3.8) is 0 Å². The molecule has 1 saturated heterocycles. The number of ether oxygens (including phenoxy) is 1. The Balaban J connectivity index is 1.42. The Hall–Kier alpha value is -4.47. The molecule has 1 atom stereocenters. The fraction of sp³-hybridized carbons (Fsp3) is 0.387. The summed E-state index contributed by atoms with van der Waals surface area (Å²) in [5.41, 5.74) is 9.04. The second-order valence-corrected chi connectivity index (χ2v) is 10.8. The molecule has 3 aromatic heterocycles. The minimum Gasteiger partial charge on any atom is -0.490 e. The molecule has 10 heteroatoms. The van der Waals surface area contributed by atoms with E-state index >= 15 is 0 Å². The van der Waals surface area contributed by atoms with Gasteiger partial charge in [0.2, 0.25) is 5.91 Å². The predicted molar refractivity (Wildman–Crippen MR) is 157 cm³/mol. The number of benzene rings is 1. The number of amides is 2. The van der Waals surface area contributed by atoms with Gasteiger partial charge < -0.3 is 20.7 Å². The van der Waals surface area contributed by atoms with Crippen molar-refractivity contribution in [3.8, 4) is 17.0 Å². The monoisotopic (exact) mass is 553 g/mol. The van der Waals surface area contributed by atoms with Crippen molar-refractivity contribution < 1.29 is 14.3 Å². The Morgan fingerprint density at radius 3 is 2.71 bits per heavy atom. The third kappa shape index (κ3) is 5.46. The molecule has 1 aromatic carbocycles. The lowest BCUT2D eigenvalue weighted by molar-refractivity contribution is -0.132. The van der Waals surface area contributed by atoms with E-state index in [2.05, 4.69) is 15.3 Å². The summed E-state index contributed by atoms with van der Waals surface area (Å²) in [6.45, 7) is 3.28. The highest BCUT2D eigenvalue weighted by atomic mass is 16.5. The normalized spacial score (nSPS) is 17.6. The predicted octanol–water partition coefficient (Wildman–Crippen LogP) is 5.06. The van der Waals surface area contributed by atoms with E-state index in [1.165, 1.54) is 0 Å². The average molecular weight is 554 g/mol. The van der Waals surface area contributed by atoms with Gasteiger partial charge in [-0.15, -0.1) is 0 Å². The van der Waals surface area contributed by atoms with E-state index in [0.717, 1.165) is 56.5 Å². The van der Waals surface area contributed by atoms with Crippen LogP contribution >= 0.6 is 0 Å². The summed E-state index contributed by atoms with van der Waals surface area (Å²) in [5.74, 6) is 2.22. The Morgan fingerprint density at radius 2 is 1.93 bits per heavy atom. The quantitative estimate of drug-likeness (QED) is 0.327. The van der Waals surface area contributed by atoms with Gasteiger partial charge in [-0.2, -0.15) is 0 Å².